The van der Waals surface area contributed by atoms with Crippen LogP contribution < -0.4 is 29.4 Å². The molecule has 0 spiro atoms. The second kappa shape index (κ2) is 41.5. The fraction of sp³-hybridized carbons (Fsp3) is 0.128. The molecule has 1 saturated carbocycles. The van der Waals surface area contributed by atoms with E-state index < -0.39 is 0 Å². The standard InChI is InChI=1S/C46H36N2.C46H46N2.C41H38N2/c1-33-31-39(47(37-19-5-3-6-20-37)45-25-13-17-35-15-9-11-23-43(35)45)27-29-41(33)42-30-28-40(32-34(42)2)48(38-21-7-4-8-22-38)46-26-14-18-36-16-10-12-24-44(36)46;1-34-8-20-40(21-9-34)47(41-22-10-35(2)11-23-41)44-28-16-38(17-29-44)46(32-6-5-7-33-46)39-18-30-45(31-19-39)48(42-24-12-36(3)13-25-42)43-26-14-37(4)15-27-43;1-29-12-9-17-35(24-29)42(34-15-7-6-8-16-34)38-20-22-40(32(4)27-38)41-23-21-39(28-33(41)5)43(36-18-10-13-30(2)25-36)37-19-11-14-31(3)26-37/h3-32H,1-2H3;8-31H,5-7,32-33H2,1-4H3;6-28H,1-5H3. The number of anilines is 18. The lowest BCUT2D eigenvalue weighted by Gasteiger charge is -2.39. The Bertz CT molecular complexity index is 7180. The molecule has 0 unspecified atom stereocenters. The van der Waals surface area contributed by atoms with E-state index in [0.717, 1.165) is 56.9 Å². The fourth-order valence-corrected chi connectivity index (χ4v) is 20.4. The summed E-state index contributed by atoms with van der Waals surface area (Å²) in [5, 5.41) is 4.92. The minimum Gasteiger partial charge on any atom is -0.311 e. The van der Waals surface area contributed by atoms with E-state index in [1.165, 1.54) is 194 Å². The number of hydrogen-bond acceptors (Lipinski definition) is 6. The first-order valence-corrected chi connectivity index (χ1v) is 49.0. The van der Waals surface area contributed by atoms with Gasteiger partial charge in [0.2, 0.25) is 0 Å². The van der Waals surface area contributed by atoms with Crippen molar-refractivity contribution >= 4 is 124 Å². The van der Waals surface area contributed by atoms with Crippen molar-refractivity contribution < 1.29 is 0 Å². The minimum atomic E-state index is 0.00636. The van der Waals surface area contributed by atoms with Crippen LogP contribution in [0, 0.1) is 76.2 Å². The number of nitrogens with zero attached hydrogens (tertiary/aromatic N) is 6. The van der Waals surface area contributed by atoms with Gasteiger partial charge in [-0.1, -0.05) is 302 Å². The van der Waals surface area contributed by atoms with Crippen LogP contribution in [0.2, 0.25) is 0 Å². The van der Waals surface area contributed by atoms with Crippen LogP contribution in [0.15, 0.2) is 467 Å². The van der Waals surface area contributed by atoms with Crippen molar-refractivity contribution in [3.8, 4) is 22.3 Å². The topological polar surface area (TPSA) is 19.4 Å². The lowest BCUT2D eigenvalue weighted by atomic mass is 9.65. The molecule has 20 aromatic rings. The molecule has 0 bridgehead atoms. The SMILES string of the molecule is Cc1cc(N(c2ccccc2)c2cccc3ccccc23)ccc1-c1ccc(N(c2ccccc2)c2cccc3ccccc23)cc1C.Cc1ccc(N(c2ccc(C)cc2)c2ccc(C3(c4ccc(N(c5ccc(C)cc5)c5ccc(C)cc5)cc4)CCCCC3)cc2)cc1.Cc1cccc(N(c2ccccc2)c2ccc(-c3ccc(N(c4cccc(C)c4)c4cccc(C)c4)cc3C)c(C)c2)c1. The Balaban J connectivity index is 0.000000133. The molecule has 21 rings (SSSR count). The zero-order valence-corrected chi connectivity index (χ0v) is 81.7. The summed E-state index contributed by atoms with van der Waals surface area (Å²) in [5.41, 5.74) is 42.5. The highest BCUT2D eigenvalue weighted by Crippen LogP contribution is 2.51. The number of hydrogen-bond donors (Lipinski definition) is 0. The molecule has 6 nitrogen and oxygen atoms in total. The van der Waals surface area contributed by atoms with E-state index in [-0.39, 0.29) is 5.41 Å². The number of aryl methyl sites for hydroxylation is 11. The van der Waals surface area contributed by atoms with Gasteiger partial charge < -0.3 is 29.4 Å². The maximum atomic E-state index is 2.40. The van der Waals surface area contributed by atoms with Crippen LogP contribution in [0.3, 0.4) is 0 Å². The summed E-state index contributed by atoms with van der Waals surface area (Å²) in [6.45, 7) is 23.9. The molecule has 0 amide bonds. The third-order valence-electron chi connectivity index (χ3n) is 27.5. The zero-order valence-electron chi connectivity index (χ0n) is 81.7. The van der Waals surface area contributed by atoms with Gasteiger partial charge in [-0.15, -0.1) is 0 Å². The summed E-state index contributed by atoms with van der Waals surface area (Å²) in [6, 6.07) is 170. The van der Waals surface area contributed by atoms with Gasteiger partial charge in [0.25, 0.3) is 0 Å². The molecule has 6 heteroatoms. The van der Waals surface area contributed by atoms with E-state index in [2.05, 4.69) is 573 Å². The van der Waals surface area contributed by atoms with E-state index in [1.54, 1.807) is 0 Å². The molecule has 20 aromatic carbocycles. The first-order valence-electron chi connectivity index (χ1n) is 49.0. The first kappa shape index (κ1) is 91.8. The maximum Gasteiger partial charge on any atom is 0.0540 e. The molecule has 139 heavy (non-hydrogen) atoms. The van der Waals surface area contributed by atoms with Gasteiger partial charge in [0.1, 0.15) is 0 Å². The molecule has 0 atom stereocenters. The Morgan fingerprint density at radius 2 is 0.374 bits per heavy atom. The van der Waals surface area contributed by atoms with Crippen LogP contribution in [0.4, 0.5) is 102 Å². The van der Waals surface area contributed by atoms with Crippen LogP contribution >= 0.6 is 0 Å². The Kier molecular flexibility index (Phi) is 27.4. The molecule has 0 aliphatic heterocycles. The number of para-hydroxylation sites is 3. The monoisotopic (exact) mass is 1800 g/mol. The van der Waals surface area contributed by atoms with Crippen molar-refractivity contribution in [3.05, 3.63) is 539 Å². The Morgan fingerprint density at radius 3 is 0.669 bits per heavy atom. The molecule has 0 saturated heterocycles. The van der Waals surface area contributed by atoms with Gasteiger partial charge >= 0.3 is 0 Å². The van der Waals surface area contributed by atoms with Crippen molar-refractivity contribution in [2.45, 2.75) is 114 Å². The van der Waals surface area contributed by atoms with Crippen LogP contribution in [0.1, 0.15) is 104 Å². The molecule has 1 fully saturated rings. The van der Waals surface area contributed by atoms with E-state index in [9.17, 15) is 0 Å². The summed E-state index contributed by atoms with van der Waals surface area (Å²) < 4.78 is 0. The highest BCUT2D eigenvalue weighted by atomic mass is 15.2. The second-order valence-corrected chi connectivity index (χ2v) is 37.6. The predicted octanol–water partition coefficient (Wildman–Crippen LogP) is 38.2. The van der Waals surface area contributed by atoms with E-state index in [1.807, 2.05) is 0 Å². The van der Waals surface area contributed by atoms with Gasteiger partial charge in [0, 0.05) is 107 Å². The summed E-state index contributed by atoms with van der Waals surface area (Å²) in [5.74, 6) is 0. The fourth-order valence-electron chi connectivity index (χ4n) is 20.4. The largest absolute Gasteiger partial charge is 0.311 e. The lowest BCUT2D eigenvalue weighted by Crippen LogP contribution is -2.30. The van der Waals surface area contributed by atoms with Gasteiger partial charge in [-0.2, -0.15) is 0 Å². The van der Waals surface area contributed by atoms with E-state index in [0.29, 0.717) is 0 Å². The van der Waals surface area contributed by atoms with Gasteiger partial charge in [-0.3, -0.25) is 0 Å². The second-order valence-electron chi connectivity index (χ2n) is 37.6. The van der Waals surface area contributed by atoms with Crippen molar-refractivity contribution in [2.75, 3.05) is 29.4 Å². The summed E-state index contributed by atoms with van der Waals surface area (Å²) in [7, 11) is 0. The number of benzene rings is 20. The Labute approximate surface area is 823 Å². The summed E-state index contributed by atoms with van der Waals surface area (Å²) in [4.78, 5) is 14.2. The van der Waals surface area contributed by atoms with Crippen molar-refractivity contribution in [1.82, 2.24) is 0 Å². The molecule has 0 aromatic heterocycles. The van der Waals surface area contributed by atoms with Crippen LogP contribution in [-0.2, 0) is 5.41 Å². The highest BCUT2D eigenvalue weighted by molar-refractivity contribution is 6.01. The van der Waals surface area contributed by atoms with Gasteiger partial charge in [-0.25, -0.2) is 0 Å². The maximum absolute atomic E-state index is 2.40. The summed E-state index contributed by atoms with van der Waals surface area (Å²) in [6.07, 6.45) is 6.15. The smallest absolute Gasteiger partial charge is 0.0540 e. The first-order chi connectivity index (χ1) is 67.9. The molecule has 682 valence electrons. The van der Waals surface area contributed by atoms with Crippen LogP contribution in [-0.4, -0.2) is 0 Å². The van der Waals surface area contributed by atoms with Crippen molar-refractivity contribution in [3.63, 3.8) is 0 Å². The van der Waals surface area contributed by atoms with E-state index >= 15 is 0 Å². The minimum absolute atomic E-state index is 0.00636. The number of rotatable bonds is 22. The summed E-state index contributed by atoms with van der Waals surface area (Å²) >= 11 is 0. The highest BCUT2D eigenvalue weighted by Gasteiger charge is 2.37. The van der Waals surface area contributed by atoms with Crippen LogP contribution in [0.5, 0.6) is 0 Å². The average Bonchev–Trinajstić information content (AvgIpc) is 0.755. The quantitative estimate of drug-likeness (QED) is 0.0669. The third-order valence-corrected chi connectivity index (χ3v) is 27.5. The molecule has 0 N–H and O–H groups in total. The lowest BCUT2D eigenvalue weighted by molar-refractivity contribution is 0.346. The van der Waals surface area contributed by atoms with Gasteiger partial charge in [0.05, 0.1) is 11.4 Å². The van der Waals surface area contributed by atoms with E-state index in [4.69, 9.17) is 0 Å². The van der Waals surface area contributed by atoms with Crippen LogP contribution in [0.25, 0.3) is 43.8 Å². The average molecular weight is 1800 g/mol. The van der Waals surface area contributed by atoms with Crippen molar-refractivity contribution in [2.24, 2.45) is 0 Å². The number of fused-ring (bicyclic) bond motifs is 2. The predicted molar refractivity (Wildman–Crippen MR) is 596 cm³/mol. The molecule has 0 radical (unpaired) electrons. The molecular weight excluding hydrogens is 1680 g/mol. The van der Waals surface area contributed by atoms with Crippen molar-refractivity contribution in [1.29, 1.82) is 0 Å². The third kappa shape index (κ3) is 20.2. The molecular formula is C133H120N6. The van der Waals surface area contributed by atoms with Gasteiger partial charge in [-0.05, 0) is 378 Å². The molecule has 1 aliphatic rings. The molecule has 0 heterocycles. The Morgan fingerprint density at radius 1 is 0.158 bits per heavy atom. The Hall–Kier alpha value is -16.3. The van der Waals surface area contributed by atoms with Gasteiger partial charge in [0.15, 0.2) is 0 Å². The normalized spacial score (nSPS) is 12.1. The zero-order chi connectivity index (χ0) is 95.5. The molecule has 1 aliphatic carbocycles.